The van der Waals surface area contributed by atoms with E-state index >= 15 is 0 Å². The van der Waals surface area contributed by atoms with Crippen LogP contribution in [0.1, 0.15) is 24.5 Å². The van der Waals surface area contributed by atoms with Crippen LogP contribution in [0.2, 0.25) is 0 Å². The van der Waals surface area contributed by atoms with E-state index in [4.69, 9.17) is 0 Å². The second kappa shape index (κ2) is 3.83. The van der Waals surface area contributed by atoms with Crippen molar-refractivity contribution in [1.82, 2.24) is 0 Å². The van der Waals surface area contributed by atoms with Crippen molar-refractivity contribution in [3.05, 3.63) is 35.4 Å². The summed E-state index contributed by atoms with van der Waals surface area (Å²) in [6.45, 7) is 4.14. The molecule has 0 aromatic heterocycles. The van der Waals surface area contributed by atoms with Gasteiger partial charge in [0.2, 0.25) is 0 Å². The topological polar surface area (TPSA) is 0 Å². The molecule has 0 atom stereocenters. The second-order valence-corrected chi connectivity index (χ2v) is 2.52. The van der Waals surface area contributed by atoms with E-state index in [0.717, 1.165) is 12.0 Å². The molecule has 0 N–H and O–H groups in total. The molecule has 0 saturated heterocycles. The number of hydrogen-bond acceptors (Lipinski definition) is 0. The van der Waals surface area contributed by atoms with Crippen LogP contribution in [0.25, 0.3) is 0 Å². The summed E-state index contributed by atoms with van der Waals surface area (Å²) < 4.78 is 0. The van der Waals surface area contributed by atoms with Crippen molar-refractivity contribution in [2.75, 3.05) is 0 Å². The van der Waals surface area contributed by atoms with E-state index in [1.54, 1.807) is 0 Å². The molecule has 0 heterocycles. The van der Waals surface area contributed by atoms with E-state index < -0.39 is 0 Å². The van der Waals surface area contributed by atoms with Gasteiger partial charge in [-0.2, -0.15) is 0 Å². The van der Waals surface area contributed by atoms with Gasteiger partial charge in [0.1, 0.15) is 0 Å². The number of aryl methyl sites for hydroxylation is 1. The van der Waals surface area contributed by atoms with E-state index in [0.29, 0.717) is 0 Å². The van der Waals surface area contributed by atoms with Crippen LogP contribution in [0.4, 0.5) is 0 Å². The summed E-state index contributed by atoms with van der Waals surface area (Å²) in [6, 6.07) is 8.25. The predicted octanol–water partition coefficient (Wildman–Crippen LogP) is 2.76. The van der Waals surface area contributed by atoms with Crippen LogP contribution in [0.5, 0.6) is 0 Å². The maximum Gasteiger partial charge on any atom is 0.0247 e. The van der Waals surface area contributed by atoms with Gasteiger partial charge in [-0.15, -0.1) is 0 Å². The van der Waals surface area contributed by atoms with Crippen molar-refractivity contribution in [2.45, 2.75) is 20.3 Å². The van der Waals surface area contributed by atoms with Gasteiger partial charge in [0.15, 0.2) is 0 Å². The molecule has 1 rings (SSSR count). The van der Waals surface area contributed by atoms with E-state index in [-0.39, 0.29) is 0 Å². The second-order valence-electron chi connectivity index (χ2n) is 2.52. The summed E-state index contributed by atoms with van der Waals surface area (Å²) in [7, 11) is 0. The van der Waals surface area contributed by atoms with Crippen molar-refractivity contribution in [2.24, 2.45) is 0 Å². The molecule has 0 spiro atoms. The third-order valence-corrected chi connectivity index (χ3v) is 1.43. The summed E-state index contributed by atoms with van der Waals surface area (Å²) >= 11 is 0. The lowest BCUT2D eigenvalue weighted by atomic mass is 10.1. The minimum atomic E-state index is 0.925. The van der Waals surface area contributed by atoms with Crippen LogP contribution in [0.15, 0.2) is 24.3 Å². The van der Waals surface area contributed by atoms with Gasteiger partial charge >= 0.3 is 0 Å². The summed E-state index contributed by atoms with van der Waals surface area (Å²) in [4.78, 5) is 0. The van der Waals surface area contributed by atoms with E-state index in [1.165, 1.54) is 5.56 Å². The van der Waals surface area contributed by atoms with Gasteiger partial charge in [-0.1, -0.05) is 30.9 Å². The molecule has 0 aliphatic carbocycles. The minimum Gasteiger partial charge on any atom is -0.0982 e. The monoisotopic (exact) mass is 144 g/mol. The molecule has 0 radical (unpaired) electrons. The first kappa shape index (κ1) is 7.88. The summed E-state index contributed by atoms with van der Waals surface area (Å²) in [6.07, 6.45) is 0.925. The Balaban J connectivity index is 2.87. The van der Waals surface area contributed by atoms with Crippen LogP contribution in [0.3, 0.4) is 0 Å². The SMILES string of the molecule is CCC#Cc1cccc(C)c1. The lowest BCUT2D eigenvalue weighted by Gasteiger charge is -1.91. The molecule has 11 heavy (non-hydrogen) atoms. The van der Waals surface area contributed by atoms with Gasteiger partial charge in [-0.05, 0) is 24.6 Å². The largest absolute Gasteiger partial charge is 0.0982 e. The van der Waals surface area contributed by atoms with Gasteiger partial charge < -0.3 is 0 Å². The average Bonchev–Trinajstić information content (AvgIpc) is 2.01. The zero-order valence-corrected chi connectivity index (χ0v) is 7.02. The summed E-state index contributed by atoms with van der Waals surface area (Å²) in [5.74, 6) is 6.13. The highest BCUT2D eigenvalue weighted by Crippen LogP contribution is 2.01. The summed E-state index contributed by atoms with van der Waals surface area (Å²) in [5.41, 5.74) is 2.39. The van der Waals surface area contributed by atoms with Gasteiger partial charge in [-0.25, -0.2) is 0 Å². The molecule has 0 aliphatic heterocycles. The van der Waals surface area contributed by atoms with Crippen molar-refractivity contribution < 1.29 is 0 Å². The number of rotatable bonds is 0. The maximum atomic E-state index is 3.09. The number of benzene rings is 1. The van der Waals surface area contributed by atoms with E-state index in [1.807, 2.05) is 12.1 Å². The molecule has 0 fully saturated rings. The molecular weight excluding hydrogens is 132 g/mol. The Bertz CT molecular complexity index is 286. The molecule has 0 bridgehead atoms. The maximum absolute atomic E-state index is 3.09. The fraction of sp³-hybridized carbons (Fsp3) is 0.273. The van der Waals surface area contributed by atoms with Crippen LogP contribution in [0, 0.1) is 18.8 Å². The van der Waals surface area contributed by atoms with Crippen LogP contribution in [-0.2, 0) is 0 Å². The smallest absolute Gasteiger partial charge is 0.0247 e. The van der Waals surface area contributed by atoms with Crippen LogP contribution >= 0.6 is 0 Å². The molecule has 0 heteroatoms. The van der Waals surface area contributed by atoms with Gasteiger partial charge in [0.25, 0.3) is 0 Å². The quantitative estimate of drug-likeness (QED) is 0.491. The molecule has 0 unspecified atom stereocenters. The number of hydrogen-bond donors (Lipinski definition) is 0. The van der Waals surface area contributed by atoms with Gasteiger partial charge in [-0.3, -0.25) is 0 Å². The molecular formula is C11H12. The Labute approximate surface area is 68.3 Å². The fourth-order valence-corrected chi connectivity index (χ4v) is 0.913. The first-order valence-corrected chi connectivity index (χ1v) is 3.88. The standard InChI is InChI=1S/C11H12/c1-3-4-7-11-8-5-6-10(2)9-11/h5-6,8-9H,3H2,1-2H3. The molecule has 0 nitrogen and oxygen atoms in total. The van der Waals surface area contributed by atoms with Crippen molar-refractivity contribution >= 4 is 0 Å². The highest BCUT2D eigenvalue weighted by Gasteiger charge is 1.84. The molecule has 1 aromatic carbocycles. The van der Waals surface area contributed by atoms with E-state index in [9.17, 15) is 0 Å². The lowest BCUT2D eigenvalue weighted by molar-refractivity contribution is 1.28. The van der Waals surface area contributed by atoms with Crippen molar-refractivity contribution in [3.8, 4) is 11.8 Å². The van der Waals surface area contributed by atoms with Crippen molar-refractivity contribution in [3.63, 3.8) is 0 Å². The zero-order valence-electron chi connectivity index (χ0n) is 7.02. The first-order valence-electron chi connectivity index (χ1n) is 3.88. The molecule has 1 aromatic rings. The Morgan fingerprint density at radius 2 is 2.18 bits per heavy atom. The Hall–Kier alpha value is -1.22. The first-order chi connectivity index (χ1) is 5.33. The summed E-state index contributed by atoms with van der Waals surface area (Å²) in [5, 5.41) is 0. The Kier molecular flexibility index (Phi) is 2.74. The lowest BCUT2D eigenvalue weighted by Crippen LogP contribution is -1.75. The van der Waals surface area contributed by atoms with Crippen LogP contribution in [-0.4, -0.2) is 0 Å². The normalized spacial score (nSPS) is 8.55. The molecule has 0 saturated carbocycles. The Morgan fingerprint density at radius 3 is 2.82 bits per heavy atom. The van der Waals surface area contributed by atoms with Gasteiger partial charge in [0.05, 0.1) is 0 Å². The molecule has 56 valence electrons. The third kappa shape index (κ3) is 2.47. The predicted molar refractivity (Wildman–Crippen MR) is 48.3 cm³/mol. The van der Waals surface area contributed by atoms with E-state index in [2.05, 4.69) is 37.8 Å². The average molecular weight is 144 g/mol. The van der Waals surface area contributed by atoms with Crippen molar-refractivity contribution in [1.29, 1.82) is 0 Å². The van der Waals surface area contributed by atoms with Crippen LogP contribution < -0.4 is 0 Å². The Morgan fingerprint density at radius 1 is 1.36 bits per heavy atom. The highest BCUT2D eigenvalue weighted by atomic mass is 13.9. The van der Waals surface area contributed by atoms with Gasteiger partial charge in [0, 0.05) is 12.0 Å². The minimum absolute atomic E-state index is 0.925. The fourth-order valence-electron chi connectivity index (χ4n) is 0.913. The third-order valence-electron chi connectivity index (χ3n) is 1.43. The molecule has 0 amide bonds. The highest BCUT2D eigenvalue weighted by molar-refractivity contribution is 5.36. The zero-order chi connectivity index (χ0) is 8.10. The molecule has 0 aliphatic rings.